The average Bonchev–Trinajstić information content (AvgIpc) is 2.90. The lowest BCUT2D eigenvalue weighted by atomic mass is 10.2. The van der Waals surface area contributed by atoms with E-state index < -0.39 is 12.3 Å². The minimum atomic E-state index is -0.472. The molecular weight excluding hydrogens is 1200 g/mol. The number of aromatic nitrogens is 12. The standard InChI is InChI=1S/C15H17FN6.C10H6ClFN4.C10H9ClFN3.C9H5Cl2FN2.C7H16O3.C5H12N2.H4N2/c1-10-3-4-11-13(12(10)16)18-14(15-19-17-9-22(11)15)21-7-5-20(2)6-8-21;1-5-2-3-6-8(7(5)12)14-9(11)10-15-13-4-16(6)10;1-5-2-3-6-9(8(5)12)15-10(11)7(4-13)14-6;1-4-2-3-5-7(6(4)12)14-9(11)8(10)13-5;1-4-8-7(9-5-2)10-6-3;1-7-4-2-6-3-5-7;1-2/h3-4,9H,5-8H2,1-2H3;2-4H,1H3;2-3H,4,13H2,1H3;2-3H,1H3;7H,4-6H2,1-3H3;6H,2-5H2,1H3;1-2H2. The number of aryl methyl sites for hydroxylation is 4. The number of halogens is 8. The Labute approximate surface area is 514 Å². The second-order valence-electron chi connectivity index (χ2n) is 19.1. The Morgan fingerprint density at radius 2 is 0.919 bits per heavy atom. The third kappa shape index (κ3) is 17.2. The molecule has 0 saturated carbocycles. The lowest BCUT2D eigenvalue weighted by Gasteiger charge is -2.33. The van der Waals surface area contributed by atoms with Crippen LogP contribution in [0.2, 0.25) is 20.6 Å². The van der Waals surface area contributed by atoms with Crippen molar-refractivity contribution in [1.29, 1.82) is 0 Å². The van der Waals surface area contributed by atoms with Crippen LogP contribution >= 0.6 is 46.4 Å². The molecule has 12 rings (SSSR count). The minimum absolute atomic E-state index is 0.0173. The maximum atomic E-state index is 14.5. The molecule has 462 valence electrons. The predicted octanol–water partition coefficient (Wildman–Crippen LogP) is 9.15. The van der Waals surface area contributed by atoms with E-state index >= 15 is 0 Å². The molecule has 2 saturated heterocycles. The van der Waals surface area contributed by atoms with Gasteiger partial charge in [-0.25, -0.2) is 47.5 Å². The first-order chi connectivity index (χ1) is 41.3. The van der Waals surface area contributed by atoms with E-state index in [2.05, 4.69) is 96.1 Å². The van der Waals surface area contributed by atoms with Crippen molar-refractivity contribution < 1.29 is 31.8 Å². The number of hydrogen-bond acceptors (Lipinski definition) is 20. The van der Waals surface area contributed by atoms with Crippen LogP contribution in [0.1, 0.15) is 48.7 Å². The lowest BCUT2D eigenvalue weighted by molar-refractivity contribution is -0.282. The van der Waals surface area contributed by atoms with E-state index in [9.17, 15) is 17.6 Å². The van der Waals surface area contributed by atoms with Crippen molar-refractivity contribution in [3.63, 3.8) is 0 Å². The van der Waals surface area contributed by atoms with Gasteiger partial charge in [-0.15, -0.1) is 20.4 Å². The molecule has 2 aliphatic rings. The summed E-state index contributed by atoms with van der Waals surface area (Å²) in [5.74, 6) is 7.28. The third-order valence-corrected chi connectivity index (χ3v) is 14.3. The van der Waals surface area contributed by atoms with E-state index in [1.807, 2.05) is 31.2 Å². The molecule has 0 bridgehead atoms. The average molecular weight is 1270 g/mol. The number of piperazine rings is 2. The van der Waals surface area contributed by atoms with Crippen LogP contribution in [0.4, 0.5) is 23.4 Å². The van der Waals surface area contributed by atoms with Crippen LogP contribution in [-0.2, 0) is 20.8 Å². The van der Waals surface area contributed by atoms with Gasteiger partial charge >= 0.3 is 0 Å². The molecule has 0 atom stereocenters. The molecule has 0 spiro atoms. The van der Waals surface area contributed by atoms with Crippen molar-refractivity contribution in [2.45, 2.75) is 61.5 Å². The van der Waals surface area contributed by atoms with Crippen molar-refractivity contribution in [2.75, 3.05) is 91.2 Å². The minimum Gasteiger partial charge on any atom is -0.351 e. The first kappa shape index (κ1) is 68.6. The first-order valence-electron chi connectivity index (χ1n) is 27.1. The molecule has 7 N–H and O–H groups in total. The number of nitrogens with one attached hydrogen (secondary N) is 1. The van der Waals surface area contributed by atoms with Crippen LogP contribution in [0.5, 0.6) is 0 Å². The molecule has 2 fully saturated rings. The normalized spacial score (nSPS) is 13.5. The summed E-state index contributed by atoms with van der Waals surface area (Å²) in [5, 5.41) is 19.4. The number of benzene rings is 4. The summed E-state index contributed by atoms with van der Waals surface area (Å²) in [5.41, 5.74) is 12.3. The van der Waals surface area contributed by atoms with Crippen LogP contribution in [0, 0.1) is 51.0 Å². The molecule has 0 amide bonds. The molecule has 0 radical (unpaired) electrons. The monoisotopic (exact) mass is 1270 g/mol. The van der Waals surface area contributed by atoms with E-state index in [0.717, 1.165) is 39.3 Å². The SMILES string of the molecule is CCOC(OCC)OCC.CN1CCNCC1.Cc1ccc2c(nc(Cl)c3nncn32)c1F.Cc1ccc2c(nc(N3CCN(C)CC3)c3nncn32)c1F.Cc1ccc2nc(CN)c(Cl)nc2c1F.Cc1ccc2nc(Cl)c(Cl)nc2c1F.NN. The van der Waals surface area contributed by atoms with Crippen molar-refractivity contribution in [3.05, 3.63) is 133 Å². The highest BCUT2D eigenvalue weighted by molar-refractivity contribution is 6.40. The maximum absolute atomic E-state index is 14.5. The molecule has 6 aromatic heterocycles. The second-order valence-corrected chi connectivity index (χ2v) is 20.5. The second kappa shape index (κ2) is 33.0. The first-order valence-corrected chi connectivity index (χ1v) is 28.6. The van der Waals surface area contributed by atoms with Gasteiger partial charge in [-0.1, -0.05) is 70.7 Å². The van der Waals surface area contributed by atoms with Gasteiger partial charge in [-0.05, 0) is 109 Å². The van der Waals surface area contributed by atoms with Crippen molar-refractivity contribution in [3.8, 4) is 0 Å². The molecule has 8 heterocycles. The molecule has 22 nitrogen and oxygen atoms in total. The number of likely N-dealkylation sites (N-methyl/N-ethyl adjacent to an activating group) is 2. The van der Waals surface area contributed by atoms with E-state index in [1.165, 1.54) is 19.4 Å². The molecule has 4 aromatic carbocycles. The number of fused-ring (bicyclic) bond motifs is 8. The molecule has 10 aromatic rings. The summed E-state index contributed by atoms with van der Waals surface area (Å²) in [7, 11) is 4.25. The van der Waals surface area contributed by atoms with Gasteiger partial charge in [0, 0.05) is 78.7 Å². The van der Waals surface area contributed by atoms with Gasteiger partial charge in [0.2, 0.25) is 5.65 Å². The van der Waals surface area contributed by atoms with Crippen LogP contribution in [-0.4, -0.2) is 162 Å². The van der Waals surface area contributed by atoms with E-state index in [4.69, 9.17) is 66.3 Å². The quantitative estimate of drug-likeness (QED) is 0.0478. The topological polar surface area (TPSA) is 265 Å². The van der Waals surface area contributed by atoms with Gasteiger partial charge < -0.3 is 40.0 Å². The van der Waals surface area contributed by atoms with Gasteiger partial charge in [0.1, 0.15) is 34.7 Å². The third-order valence-electron chi connectivity index (χ3n) is 13.1. The van der Waals surface area contributed by atoms with Crippen LogP contribution in [0.3, 0.4) is 0 Å². The van der Waals surface area contributed by atoms with Gasteiger partial charge in [0.25, 0.3) is 6.48 Å². The summed E-state index contributed by atoms with van der Waals surface area (Å²) in [6.45, 7) is 22.4. The number of ether oxygens (including phenoxy) is 3. The Hall–Kier alpha value is -6.50. The molecule has 86 heavy (non-hydrogen) atoms. The Morgan fingerprint density at radius 1 is 0.512 bits per heavy atom. The molecule has 2 aliphatic heterocycles. The Bertz CT molecular complexity index is 3840. The van der Waals surface area contributed by atoms with Gasteiger partial charge in [-0.3, -0.25) is 20.5 Å². The molecule has 0 aliphatic carbocycles. The summed E-state index contributed by atoms with van der Waals surface area (Å²) in [4.78, 5) is 31.2. The van der Waals surface area contributed by atoms with Crippen LogP contribution in [0.25, 0.3) is 55.4 Å². The largest absolute Gasteiger partial charge is 0.351 e. The number of hydrogen-bond donors (Lipinski definition) is 4. The van der Waals surface area contributed by atoms with Crippen molar-refractivity contribution in [2.24, 2.45) is 17.4 Å². The van der Waals surface area contributed by atoms with Crippen LogP contribution < -0.4 is 27.6 Å². The fraction of sp³-hybridized carbons (Fsp3) is 0.393. The van der Waals surface area contributed by atoms with E-state index in [0.29, 0.717) is 92.5 Å². The summed E-state index contributed by atoms with van der Waals surface area (Å²) in [6, 6.07) is 13.7. The smallest absolute Gasteiger partial charge is 0.271 e. The Morgan fingerprint density at radius 3 is 1.40 bits per heavy atom. The zero-order valence-electron chi connectivity index (χ0n) is 49.0. The maximum Gasteiger partial charge on any atom is 0.271 e. The number of hydrazine groups is 1. The van der Waals surface area contributed by atoms with Gasteiger partial charge in [0.15, 0.2) is 55.3 Å². The lowest BCUT2D eigenvalue weighted by Crippen LogP contribution is -2.45. The predicted molar refractivity (Wildman–Crippen MR) is 329 cm³/mol. The highest BCUT2D eigenvalue weighted by atomic mass is 35.5. The Kier molecular flexibility index (Phi) is 26.3. The number of anilines is 1. The molecular formula is C56H69Cl4F4N19O3. The van der Waals surface area contributed by atoms with Crippen LogP contribution in [0.15, 0.2) is 61.2 Å². The number of rotatable bonds is 8. The Balaban J connectivity index is 0.000000169. The zero-order valence-corrected chi connectivity index (χ0v) is 52.0. The fourth-order valence-corrected chi connectivity index (χ4v) is 9.05. The van der Waals surface area contributed by atoms with Gasteiger partial charge in [0.05, 0.1) is 27.8 Å². The van der Waals surface area contributed by atoms with Crippen molar-refractivity contribution >= 4 is 108 Å². The van der Waals surface area contributed by atoms with E-state index in [1.54, 1.807) is 80.9 Å². The fourth-order valence-electron chi connectivity index (χ4n) is 8.38. The summed E-state index contributed by atoms with van der Waals surface area (Å²) < 4.78 is 74.1. The van der Waals surface area contributed by atoms with E-state index in [-0.39, 0.29) is 61.2 Å². The van der Waals surface area contributed by atoms with Gasteiger partial charge in [-0.2, -0.15) is 0 Å². The molecule has 30 heteroatoms. The number of nitrogens with two attached hydrogens (primary N) is 3. The summed E-state index contributed by atoms with van der Waals surface area (Å²) in [6.07, 6.45) is 3.10. The molecule has 0 unspecified atom stereocenters. The number of nitrogens with zero attached hydrogens (tertiary/aromatic N) is 15. The highest BCUT2D eigenvalue weighted by Gasteiger charge is 2.22. The highest BCUT2D eigenvalue weighted by Crippen LogP contribution is 2.29. The summed E-state index contributed by atoms with van der Waals surface area (Å²) >= 11 is 23.0. The van der Waals surface area contributed by atoms with Crippen molar-refractivity contribution in [1.82, 2.24) is 74.2 Å². The zero-order chi connectivity index (χ0) is 62.8.